The fourth-order valence-electron chi connectivity index (χ4n) is 2.41. The SMILES string of the molecule is CCNC(=NCCc1nc(C(F)(F)F)cs1)N(C)Cc1ccc(OC(F)F)cc1.I. The minimum atomic E-state index is -4.44. The Morgan fingerprint density at radius 3 is 2.47 bits per heavy atom. The Labute approximate surface area is 192 Å². The molecule has 0 unspecified atom stereocenters. The van der Waals surface area contributed by atoms with Gasteiger partial charge in [0.1, 0.15) is 5.75 Å². The summed E-state index contributed by atoms with van der Waals surface area (Å²) in [6.07, 6.45) is -4.15. The molecule has 0 atom stereocenters. The largest absolute Gasteiger partial charge is 0.435 e. The molecule has 2 rings (SSSR count). The maximum Gasteiger partial charge on any atom is 0.434 e. The van der Waals surface area contributed by atoms with Crippen LogP contribution in [0.25, 0.3) is 0 Å². The molecule has 1 heterocycles. The molecule has 0 aliphatic heterocycles. The number of nitrogens with one attached hydrogen (secondary N) is 1. The molecule has 0 radical (unpaired) electrons. The number of aliphatic imine (C=N–C) groups is 1. The number of thiazole rings is 1. The fourth-order valence-corrected chi connectivity index (χ4v) is 3.20. The van der Waals surface area contributed by atoms with Crippen LogP contribution in [0.15, 0.2) is 34.6 Å². The van der Waals surface area contributed by atoms with E-state index in [0.29, 0.717) is 30.5 Å². The summed E-state index contributed by atoms with van der Waals surface area (Å²) in [5.41, 5.74) is -0.0285. The van der Waals surface area contributed by atoms with E-state index in [1.807, 2.05) is 11.8 Å². The molecule has 30 heavy (non-hydrogen) atoms. The molecule has 0 aliphatic carbocycles. The van der Waals surface area contributed by atoms with E-state index < -0.39 is 18.5 Å². The third-order valence-corrected chi connectivity index (χ3v) is 4.60. The van der Waals surface area contributed by atoms with Gasteiger partial charge in [-0.25, -0.2) is 4.98 Å². The predicted molar refractivity (Wildman–Crippen MR) is 117 cm³/mol. The second-order valence-electron chi connectivity index (χ2n) is 5.99. The second-order valence-corrected chi connectivity index (χ2v) is 6.93. The summed E-state index contributed by atoms with van der Waals surface area (Å²) in [6, 6.07) is 6.26. The Morgan fingerprint density at radius 1 is 1.27 bits per heavy atom. The first-order valence-corrected chi connectivity index (χ1v) is 9.61. The lowest BCUT2D eigenvalue weighted by Gasteiger charge is -2.22. The summed E-state index contributed by atoms with van der Waals surface area (Å²) < 4.78 is 66.6. The molecule has 0 amide bonds. The number of alkyl halides is 5. The molecule has 1 aromatic carbocycles. The van der Waals surface area contributed by atoms with Crippen LogP contribution in [0, 0.1) is 0 Å². The zero-order valence-electron chi connectivity index (χ0n) is 16.2. The Morgan fingerprint density at radius 2 is 1.93 bits per heavy atom. The predicted octanol–water partition coefficient (Wildman–Crippen LogP) is 5.02. The Bertz CT molecular complexity index is 799. The molecular weight excluding hydrogens is 542 g/mol. The Balaban J connectivity index is 0.00000450. The molecule has 0 spiro atoms. The third kappa shape index (κ3) is 8.58. The highest BCUT2D eigenvalue weighted by Gasteiger charge is 2.33. The highest BCUT2D eigenvalue weighted by molar-refractivity contribution is 14.0. The number of aromatic nitrogens is 1. The van der Waals surface area contributed by atoms with E-state index in [1.54, 1.807) is 19.2 Å². The maximum absolute atomic E-state index is 12.6. The van der Waals surface area contributed by atoms with Crippen molar-refractivity contribution in [1.82, 2.24) is 15.2 Å². The molecule has 2 aromatic rings. The van der Waals surface area contributed by atoms with Crippen molar-refractivity contribution in [2.75, 3.05) is 20.1 Å². The number of ether oxygens (including phenoxy) is 1. The van der Waals surface area contributed by atoms with Crippen LogP contribution in [0.1, 0.15) is 23.2 Å². The fraction of sp³-hybridized carbons (Fsp3) is 0.444. The van der Waals surface area contributed by atoms with E-state index in [-0.39, 0.29) is 36.3 Å². The van der Waals surface area contributed by atoms with Crippen molar-refractivity contribution < 1.29 is 26.7 Å². The van der Waals surface area contributed by atoms with Gasteiger partial charge in [-0.2, -0.15) is 22.0 Å². The van der Waals surface area contributed by atoms with Crippen molar-refractivity contribution in [1.29, 1.82) is 0 Å². The first-order valence-electron chi connectivity index (χ1n) is 8.73. The summed E-state index contributed by atoms with van der Waals surface area (Å²) in [5.74, 6) is 0.654. The maximum atomic E-state index is 12.6. The quantitative estimate of drug-likeness (QED) is 0.212. The molecule has 0 bridgehead atoms. The van der Waals surface area contributed by atoms with Crippen LogP contribution in [0.4, 0.5) is 22.0 Å². The minimum absolute atomic E-state index is 0. The standard InChI is InChI=1S/C18H21F5N4OS.HI/c1-3-24-17(25-9-8-15-26-14(11-29-15)18(21,22)23)27(2)10-12-4-6-13(7-5-12)28-16(19)20;/h4-7,11,16H,3,8-10H2,1-2H3,(H,24,25);1H. The molecule has 5 nitrogen and oxygen atoms in total. The molecule has 1 aromatic heterocycles. The van der Waals surface area contributed by atoms with Crippen molar-refractivity contribution in [2.45, 2.75) is 32.7 Å². The van der Waals surface area contributed by atoms with Gasteiger partial charge < -0.3 is 15.0 Å². The van der Waals surface area contributed by atoms with Gasteiger partial charge in [-0.15, -0.1) is 35.3 Å². The van der Waals surface area contributed by atoms with E-state index in [0.717, 1.165) is 22.3 Å². The first kappa shape index (κ1) is 26.3. The van der Waals surface area contributed by atoms with Crippen LogP contribution in [0.5, 0.6) is 5.75 Å². The van der Waals surface area contributed by atoms with E-state index in [9.17, 15) is 22.0 Å². The molecule has 0 saturated carbocycles. The van der Waals surface area contributed by atoms with Crippen LogP contribution >= 0.6 is 35.3 Å². The lowest BCUT2D eigenvalue weighted by atomic mass is 10.2. The van der Waals surface area contributed by atoms with E-state index in [2.05, 4.69) is 20.0 Å². The zero-order valence-corrected chi connectivity index (χ0v) is 19.4. The zero-order chi connectivity index (χ0) is 21.4. The lowest BCUT2D eigenvalue weighted by molar-refractivity contribution is -0.140. The lowest BCUT2D eigenvalue weighted by Crippen LogP contribution is -2.38. The van der Waals surface area contributed by atoms with E-state index in [1.165, 1.54) is 12.1 Å². The highest BCUT2D eigenvalue weighted by Crippen LogP contribution is 2.30. The normalized spacial score (nSPS) is 11.9. The molecule has 0 fully saturated rings. The van der Waals surface area contributed by atoms with E-state index >= 15 is 0 Å². The van der Waals surface area contributed by atoms with Gasteiger partial charge in [0.25, 0.3) is 0 Å². The smallest absolute Gasteiger partial charge is 0.434 e. The number of hydrogen-bond acceptors (Lipinski definition) is 4. The number of halogens is 6. The van der Waals surface area contributed by atoms with Crippen LogP contribution in [-0.2, 0) is 19.1 Å². The van der Waals surface area contributed by atoms with Gasteiger partial charge in [-0.3, -0.25) is 4.99 Å². The van der Waals surface area contributed by atoms with Gasteiger partial charge in [0.2, 0.25) is 0 Å². The van der Waals surface area contributed by atoms with Crippen molar-refractivity contribution in [2.24, 2.45) is 4.99 Å². The molecule has 168 valence electrons. The monoisotopic (exact) mass is 564 g/mol. The number of benzene rings is 1. The van der Waals surface area contributed by atoms with E-state index in [4.69, 9.17) is 0 Å². The molecule has 0 saturated heterocycles. The van der Waals surface area contributed by atoms with Gasteiger partial charge in [0.05, 0.1) is 5.01 Å². The summed E-state index contributed by atoms with van der Waals surface area (Å²) in [4.78, 5) is 9.85. The van der Waals surface area contributed by atoms with Crippen molar-refractivity contribution in [3.8, 4) is 5.75 Å². The Hall–Kier alpha value is -1.70. The number of nitrogens with zero attached hydrogens (tertiary/aromatic N) is 3. The third-order valence-electron chi connectivity index (χ3n) is 3.69. The van der Waals surface area contributed by atoms with Gasteiger partial charge >= 0.3 is 12.8 Å². The summed E-state index contributed by atoms with van der Waals surface area (Å²) in [5, 5.41) is 4.48. The molecular formula is C18H22F5IN4OS. The summed E-state index contributed by atoms with van der Waals surface area (Å²) in [6.45, 7) is 0.367. The first-order chi connectivity index (χ1) is 13.7. The molecule has 12 heteroatoms. The van der Waals surface area contributed by atoms with Crippen molar-refractivity contribution in [3.63, 3.8) is 0 Å². The highest BCUT2D eigenvalue weighted by atomic mass is 127. The number of guanidine groups is 1. The minimum Gasteiger partial charge on any atom is -0.435 e. The second kappa shape index (κ2) is 12.2. The van der Waals surface area contributed by atoms with Gasteiger partial charge in [0, 0.05) is 38.5 Å². The topological polar surface area (TPSA) is 49.8 Å². The van der Waals surface area contributed by atoms with Crippen LogP contribution in [0.2, 0.25) is 0 Å². The van der Waals surface area contributed by atoms with Crippen LogP contribution < -0.4 is 10.1 Å². The van der Waals surface area contributed by atoms with Gasteiger partial charge in [-0.1, -0.05) is 12.1 Å². The van der Waals surface area contributed by atoms with Crippen LogP contribution in [-0.4, -0.2) is 42.6 Å². The average molecular weight is 564 g/mol. The summed E-state index contributed by atoms with van der Waals surface area (Å²) >= 11 is 0.958. The van der Waals surface area contributed by atoms with Gasteiger partial charge in [0.15, 0.2) is 11.7 Å². The van der Waals surface area contributed by atoms with Crippen molar-refractivity contribution >= 4 is 41.3 Å². The summed E-state index contributed by atoms with van der Waals surface area (Å²) in [7, 11) is 1.80. The van der Waals surface area contributed by atoms with Gasteiger partial charge in [-0.05, 0) is 24.6 Å². The van der Waals surface area contributed by atoms with Crippen LogP contribution in [0.3, 0.4) is 0 Å². The Kier molecular flexibility index (Phi) is 10.7. The number of hydrogen-bond donors (Lipinski definition) is 1. The van der Waals surface area contributed by atoms with Crippen molar-refractivity contribution in [3.05, 3.63) is 45.9 Å². The molecule has 1 N–H and O–H groups in total. The average Bonchev–Trinajstić information content (AvgIpc) is 3.11. The number of rotatable bonds is 8. The molecule has 0 aliphatic rings.